The summed E-state index contributed by atoms with van der Waals surface area (Å²) in [6, 6.07) is 5.15. The highest BCUT2D eigenvalue weighted by molar-refractivity contribution is 5.45. The molecule has 4 heteroatoms. The summed E-state index contributed by atoms with van der Waals surface area (Å²) >= 11 is 0. The van der Waals surface area contributed by atoms with E-state index in [1.54, 1.807) is 0 Å². The van der Waals surface area contributed by atoms with Gasteiger partial charge in [0.1, 0.15) is 0 Å². The van der Waals surface area contributed by atoms with Crippen LogP contribution in [0.3, 0.4) is 0 Å². The molecule has 2 saturated heterocycles. The van der Waals surface area contributed by atoms with Crippen molar-refractivity contribution in [3.05, 3.63) is 24.0 Å². The average Bonchev–Trinajstić information content (AvgIpc) is 2.54. The van der Waals surface area contributed by atoms with Gasteiger partial charge in [-0.2, -0.15) is 0 Å². The molecule has 0 amide bonds. The van der Waals surface area contributed by atoms with Crippen molar-refractivity contribution in [2.45, 2.75) is 44.7 Å². The number of hydrogen-bond acceptors (Lipinski definition) is 4. The minimum Gasteiger partial charge on any atom is -0.370 e. The Hall–Kier alpha value is -1.13. The molecule has 3 atom stereocenters. The minimum absolute atomic E-state index is 0.0665. The Labute approximate surface area is 128 Å². The molecule has 0 radical (unpaired) electrons. The van der Waals surface area contributed by atoms with Gasteiger partial charge in [0.15, 0.2) is 0 Å². The fraction of sp³-hybridized carbons (Fsp3) is 0.706. The molecule has 1 aromatic rings. The van der Waals surface area contributed by atoms with Gasteiger partial charge in [0.25, 0.3) is 0 Å². The molecule has 21 heavy (non-hydrogen) atoms. The number of nitrogens with two attached hydrogens (primary N) is 1. The molecule has 3 heterocycles. The molecule has 0 spiro atoms. The average molecular weight is 288 g/mol. The van der Waals surface area contributed by atoms with Crippen molar-refractivity contribution in [2.75, 3.05) is 31.6 Å². The minimum atomic E-state index is 0.0665. The highest BCUT2D eigenvalue weighted by Crippen LogP contribution is 2.31. The van der Waals surface area contributed by atoms with E-state index in [0.717, 1.165) is 30.6 Å². The summed E-state index contributed by atoms with van der Waals surface area (Å²) in [5.41, 5.74) is 8.31. The van der Waals surface area contributed by atoms with Crippen LogP contribution in [0.2, 0.25) is 0 Å². The number of rotatable bonds is 3. The van der Waals surface area contributed by atoms with Crippen LogP contribution >= 0.6 is 0 Å². The van der Waals surface area contributed by atoms with Crippen molar-refractivity contribution in [1.82, 2.24) is 9.88 Å². The third-order valence-corrected chi connectivity index (χ3v) is 5.30. The Kier molecular flexibility index (Phi) is 4.45. The number of hydrogen-bond donors (Lipinski definition) is 1. The van der Waals surface area contributed by atoms with Crippen LogP contribution in [-0.4, -0.2) is 42.6 Å². The van der Waals surface area contributed by atoms with Gasteiger partial charge >= 0.3 is 0 Å². The van der Waals surface area contributed by atoms with Gasteiger partial charge in [0.05, 0.1) is 17.6 Å². The van der Waals surface area contributed by atoms with E-state index in [9.17, 15) is 0 Å². The molecule has 0 bridgehead atoms. The smallest absolute Gasteiger partial charge is 0.0572 e. The number of piperidine rings is 2. The summed E-state index contributed by atoms with van der Waals surface area (Å²) in [6.07, 6.45) is 6.94. The lowest BCUT2D eigenvalue weighted by Crippen LogP contribution is -2.52. The Morgan fingerprint density at radius 2 is 2.19 bits per heavy atom. The first-order valence-electron chi connectivity index (χ1n) is 8.35. The lowest BCUT2D eigenvalue weighted by molar-refractivity contribution is 0.102. The predicted molar refractivity (Wildman–Crippen MR) is 87.4 cm³/mol. The number of fused-ring (bicyclic) bond motifs is 1. The number of nitrogens with zero attached hydrogens (tertiary/aromatic N) is 3. The van der Waals surface area contributed by atoms with Gasteiger partial charge in [-0.15, -0.1) is 0 Å². The zero-order valence-corrected chi connectivity index (χ0v) is 13.3. The van der Waals surface area contributed by atoms with Crippen molar-refractivity contribution < 1.29 is 0 Å². The Morgan fingerprint density at radius 3 is 2.90 bits per heavy atom. The van der Waals surface area contributed by atoms with E-state index in [0.29, 0.717) is 0 Å². The third-order valence-electron chi connectivity index (χ3n) is 5.30. The molecule has 3 rings (SSSR count). The maximum Gasteiger partial charge on any atom is 0.0572 e. The van der Waals surface area contributed by atoms with Crippen LogP contribution in [0.15, 0.2) is 18.3 Å². The summed E-state index contributed by atoms with van der Waals surface area (Å²) in [6.45, 7) is 5.69. The van der Waals surface area contributed by atoms with Gasteiger partial charge < -0.3 is 15.5 Å². The Balaban J connectivity index is 1.68. The summed E-state index contributed by atoms with van der Waals surface area (Å²) < 4.78 is 0. The molecular weight excluding hydrogens is 260 g/mol. The predicted octanol–water partition coefficient (Wildman–Crippen LogP) is 2.41. The van der Waals surface area contributed by atoms with Crippen molar-refractivity contribution in [1.29, 1.82) is 0 Å². The first kappa shape index (κ1) is 14.8. The lowest BCUT2D eigenvalue weighted by Gasteiger charge is -2.46. The van der Waals surface area contributed by atoms with Crippen LogP contribution in [0.4, 0.5) is 5.69 Å². The molecule has 1 aromatic heterocycles. The molecule has 0 saturated carbocycles. The van der Waals surface area contributed by atoms with E-state index in [2.05, 4.69) is 40.9 Å². The SMILES string of the molecule is CCC(N)c1ccc(N2CCC3C(CCCN3C)C2)cn1. The molecule has 2 N–H and O–H groups in total. The highest BCUT2D eigenvalue weighted by Gasteiger charge is 2.34. The molecule has 3 unspecified atom stereocenters. The number of likely N-dealkylation sites (tertiary alicyclic amines) is 1. The standard InChI is InChI=1S/C17H28N4/c1-3-15(18)16-7-6-14(11-19-16)21-10-8-17-13(12-21)5-4-9-20(17)2/h6-7,11,13,15,17H,3-5,8-10,12,18H2,1-2H3. The highest BCUT2D eigenvalue weighted by atomic mass is 15.2. The molecule has 2 aliphatic rings. The molecule has 4 nitrogen and oxygen atoms in total. The summed E-state index contributed by atoms with van der Waals surface area (Å²) in [5, 5.41) is 0. The Morgan fingerprint density at radius 1 is 1.33 bits per heavy atom. The largest absolute Gasteiger partial charge is 0.370 e. The molecule has 0 aromatic carbocycles. The van der Waals surface area contributed by atoms with E-state index in [1.807, 2.05) is 6.20 Å². The normalized spacial score (nSPS) is 28.2. The van der Waals surface area contributed by atoms with E-state index >= 15 is 0 Å². The van der Waals surface area contributed by atoms with E-state index < -0.39 is 0 Å². The quantitative estimate of drug-likeness (QED) is 0.928. The first-order valence-corrected chi connectivity index (χ1v) is 8.35. The molecule has 2 fully saturated rings. The topological polar surface area (TPSA) is 45.4 Å². The fourth-order valence-electron chi connectivity index (χ4n) is 3.90. The fourth-order valence-corrected chi connectivity index (χ4v) is 3.90. The van der Waals surface area contributed by atoms with Gasteiger partial charge in [-0.1, -0.05) is 6.92 Å². The van der Waals surface area contributed by atoms with Crippen LogP contribution in [0.1, 0.15) is 44.3 Å². The first-order chi connectivity index (χ1) is 10.2. The van der Waals surface area contributed by atoms with Crippen LogP contribution in [-0.2, 0) is 0 Å². The van der Waals surface area contributed by atoms with E-state index in [1.165, 1.54) is 38.0 Å². The van der Waals surface area contributed by atoms with Crippen molar-refractivity contribution >= 4 is 5.69 Å². The van der Waals surface area contributed by atoms with Gasteiger partial charge in [-0.3, -0.25) is 4.98 Å². The third kappa shape index (κ3) is 3.06. The van der Waals surface area contributed by atoms with Crippen LogP contribution < -0.4 is 10.6 Å². The summed E-state index contributed by atoms with van der Waals surface area (Å²) in [7, 11) is 2.29. The second-order valence-electron chi connectivity index (χ2n) is 6.64. The molecule has 116 valence electrons. The summed E-state index contributed by atoms with van der Waals surface area (Å²) in [5.74, 6) is 0.815. The van der Waals surface area contributed by atoms with Crippen molar-refractivity contribution in [2.24, 2.45) is 11.7 Å². The maximum absolute atomic E-state index is 6.04. The number of aromatic nitrogens is 1. The van der Waals surface area contributed by atoms with Crippen LogP contribution in [0.5, 0.6) is 0 Å². The number of pyridine rings is 1. The van der Waals surface area contributed by atoms with Crippen molar-refractivity contribution in [3.63, 3.8) is 0 Å². The maximum atomic E-state index is 6.04. The second kappa shape index (κ2) is 6.32. The molecular formula is C17H28N4. The second-order valence-corrected chi connectivity index (χ2v) is 6.64. The number of anilines is 1. The monoisotopic (exact) mass is 288 g/mol. The molecule has 2 aliphatic heterocycles. The van der Waals surface area contributed by atoms with E-state index in [-0.39, 0.29) is 6.04 Å². The van der Waals surface area contributed by atoms with Crippen LogP contribution in [0, 0.1) is 5.92 Å². The van der Waals surface area contributed by atoms with Crippen molar-refractivity contribution in [3.8, 4) is 0 Å². The van der Waals surface area contributed by atoms with Gasteiger partial charge in [-0.25, -0.2) is 0 Å². The van der Waals surface area contributed by atoms with E-state index in [4.69, 9.17) is 5.73 Å². The zero-order chi connectivity index (χ0) is 14.8. The van der Waals surface area contributed by atoms with Gasteiger partial charge in [-0.05, 0) is 57.3 Å². The summed E-state index contributed by atoms with van der Waals surface area (Å²) in [4.78, 5) is 9.64. The van der Waals surface area contributed by atoms with Gasteiger partial charge in [0, 0.05) is 25.2 Å². The zero-order valence-electron chi connectivity index (χ0n) is 13.3. The lowest BCUT2D eigenvalue weighted by atomic mass is 9.84. The van der Waals surface area contributed by atoms with Crippen LogP contribution in [0.25, 0.3) is 0 Å². The Bertz CT molecular complexity index is 458. The molecule has 0 aliphatic carbocycles. The van der Waals surface area contributed by atoms with Gasteiger partial charge in [0.2, 0.25) is 0 Å².